The molecule has 1 aromatic heterocycles. The van der Waals surface area contributed by atoms with Crippen LogP contribution in [0.2, 0.25) is 19.6 Å². The Kier molecular flexibility index (Phi) is 3.63. The Balaban J connectivity index is 2.55. The van der Waals surface area contributed by atoms with Gasteiger partial charge in [0.15, 0.2) is 6.20 Å². The average Bonchev–Trinajstić information content (AvgIpc) is 2.31. The Morgan fingerprint density at radius 1 is 0.947 bits per heavy atom. The zero-order valence-corrected chi connectivity index (χ0v) is 13.9. The number of nitrogens with zero attached hydrogens (tertiary/aromatic N) is 1. The van der Waals surface area contributed by atoms with E-state index in [1.807, 2.05) is 0 Å². The van der Waals surface area contributed by atoms with Gasteiger partial charge < -0.3 is 0 Å². The van der Waals surface area contributed by atoms with E-state index in [4.69, 9.17) is 0 Å². The first-order valence-corrected chi connectivity index (χ1v) is 10.4. The summed E-state index contributed by atoms with van der Waals surface area (Å²) in [6, 6.07) is 11.4. The highest BCUT2D eigenvalue weighted by atomic mass is 28.3. The Hall–Kier alpha value is -1.41. The summed E-state index contributed by atoms with van der Waals surface area (Å²) in [6.07, 6.45) is 2.14. The first-order valence-electron chi connectivity index (χ1n) is 6.87. The van der Waals surface area contributed by atoms with Crippen molar-refractivity contribution in [3.05, 3.63) is 47.7 Å². The highest BCUT2D eigenvalue weighted by Gasteiger charge is 2.19. The molecule has 1 heterocycles. The van der Waals surface area contributed by atoms with Gasteiger partial charge in [-0.15, -0.1) is 0 Å². The first-order chi connectivity index (χ1) is 8.79. The van der Waals surface area contributed by atoms with Crippen LogP contribution in [0.25, 0.3) is 11.3 Å². The van der Waals surface area contributed by atoms with Gasteiger partial charge in [-0.3, -0.25) is 0 Å². The number of hydrogen-bond acceptors (Lipinski definition) is 0. The van der Waals surface area contributed by atoms with E-state index in [-0.39, 0.29) is 0 Å². The van der Waals surface area contributed by atoms with Crippen LogP contribution in [0.4, 0.5) is 0 Å². The molecule has 2 heteroatoms. The van der Waals surface area contributed by atoms with E-state index in [1.165, 1.54) is 27.6 Å². The normalized spacial score (nSPS) is 11.7. The summed E-state index contributed by atoms with van der Waals surface area (Å²) in [4.78, 5) is 0. The van der Waals surface area contributed by atoms with Crippen LogP contribution >= 0.6 is 0 Å². The lowest BCUT2D eigenvalue weighted by Gasteiger charge is -2.18. The molecule has 0 bridgehead atoms. The predicted octanol–water partition coefficient (Wildman–Crippen LogP) is 3.34. The van der Waals surface area contributed by atoms with E-state index < -0.39 is 8.07 Å². The molecule has 0 spiro atoms. The van der Waals surface area contributed by atoms with E-state index in [0.29, 0.717) is 0 Å². The second-order valence-corrected chi connectivity index (χ2v) is 11.6. The van der Waals surface area contributed by atoms with E-state index >= 15 is 0 Å². The second-order valence-electron chi connectivity index (χ2n) is 6.48. The van der Waals surface area contributed by atoms with E-state index in [9.17, 15) is 0 Å². The molecule has 0 N–H and O–H groups in total. The minimum absolute atomic E-state index is 1.22. The molecular formula is C17H24NSi+. The number of rotatable bonds is 2. The van der Waals surface area contributed by atoms with Crippen LogP contribution in [-0.4, -0.2) is 8.07 Å². The summed E-state index contributed by atoms with van der Waals surface area (Å²) < 4.78 is 2.20. The van der Waals surface area contributed by atoms with Gasteiger partial charge in [0.25, 0.3) is 0 Å². The summed E-state index contributed by atoms with van der Waals surface area (Å²) in [5, 5.41) is 1.53. The largest absolute Gasteiger partial charge is 0.212 e. The van der Waals surface area contributed by atoms with Crippen LogP contribution < -0.4 is 9.75 Å². The summed E-state index contributed by atoms with van der Waals surface area (Å²) in [5.41, 5.74) is 5.32. The predicted molar refractivity (Wildman–Crippen MR) is 85.5 cm³/mol. The number of hydrogen-bond donors (Lipinski definition) is 0. The molecule has 0 aliphatic carbocycles. The molecule has 0 saturated carbocycles. The summed E-state index contributed by atoms with van der Waals surface area (Å²) >= 11 is 0. The molecule has 0 fully saturated rings. The van der Waals surface area contributed by atoms with Gasteiger partial charge >= 0.3 is 0 Å². The Labute approximate surface area is 117 Å². The van der Waals surface area contributed by atoms with Crippen LogP contribution in [0, 0.1) is 13.8 Å². The number of pyridine rings is 1. The van der Waals surface area contributed by atoms with Crippen LogP contribution in [0.15, 0.2) is 36.5 Å². The van der Waals surface area contributed by atoms with Crippen molar-refractivity contribution in [3.63, 3.8) is 0 Å². The van der Waals surface area contributed by atoms with Gasteiger partial charge in [-0.25, -0.2) is 4.57 Å². The minimum atomic E-state index is -1.22. The molecule has 0 aliphatic rings. The van der Waals surface area contributed by atoms with Crippen molar-refractivity contribution in [2.45, 2.75) is 33.5 Å². The summed E-state index contributed by atoms with van der Waals surface area (Å²) in [5.74, 6) is 0. The molecule has 0 radical (unpaired) electrons. The van der Waals surface area contributed by atoms with Gasteiger partial charge in [-0.2, -0.15) is 0 Å². The lowest BCUT2D eigenvalue weighted by atomic mass is 10.0. The average molecular weight is 270 g/mol. The zero-order chi connectivity index (χ0) is 14.2. The third-order valence-corrected chi connectivity index (χ3v) is 5.72. The van der Waals surface area contributed by atoms with Crippen molar-refractivity contribution in [1.29, 1.82) is 0 Å². The van der Waals surface area contributed by atoms with Crippen LogP contribution in [0.5, 0.6) is 0 Å². The lowest BCUT2D eigenvalue weighted by Crippen LogP contribution is -2.38. The molecular weight excluding hydrogens is 246 g/mol. The van der Waals surface area contributed by atoms with Gasteiger partial charge in [0.05, 0.1) is 8.07 Å². The van der Waals surface area contributed by atoms with Gasteiger partial charge in [0.2, 0.25) is 5.69 Å². The first kappa shape index (κ1) is 14.0. The molecule has 0 saturated heterocycles. The van der Waals surface area contributed by atoms with Crippen LogP contribution in [0.3, 0.4) is 0 Å². The monoisotopic (exact) mass is 270 g/mol. The molecule has 0 unspecified atom stereocenters. The third-order valence-electron chi connectivity index (χ3n) is 3.67. The molecule has 2 aromatic rings. The maximum absolute atomic E-state index is 2.40. The Bertz CT molecular complexity index is 609. The molecule has 2 rings (SSSR count). The minimum Gasteiger partial charge on any atom is -0.201 e. The topological polar surface area (TPSA) is 3.88 Å². The molecule has 1 aromatic carbocycles. The molecule has 0 aliphatic heterocycles. The number of benzene rings is 1. The fraction of sp³-hybridized carbons (Fsp3) is 0.353. The fourth-order valence-corrected chi connectivity index (χ4v) is 3.59. The van der Waals surface area contributed by atoms with Crippen molar-refractivity contribution < 1.29 is 4.57 Å². The summed E-state index contributed by atoms with van der Waals surface area (Å²) in [6.45, 7) is 11.6. The Morgan fingerprint density at radius 2 is 1.63 bits per heavy atom. The molecule has 1 nitrogen and oxygen atoms in total. The van der Waals surface area contributed by atoms with Crippen molar-refractivity contribution >= 4 is 13.3 Å². The highest BCUT2D eigenvalue weighted by Crippen LogP contribution is 2.20. The van der Waals surface area contributed by atoms with Crippen molar-refractivity contribution in [1.82, 2.24) is 0 Å². The van der Waals surface area contributed by atoms with Crippen molar-refractivity contribution in [2.75, 3.05) is 0 Å². The summed E-state index contributed by atoms with van der Waals surface area (Å²) in [7, 11) is 0.892. The molecule has 100 valence electrons. The van der Waals surface area contributed by atoms with Crippen LogP contribution in [-0.2, 0) is 7.05 Å². The van der Waals surface area contributed by atoms with Gasteiger partial charge in [-0.1, -0.05) is 37.0 Å². The molecule has 0 atom stereocenters. The van der Waals surface area contributed by atoms with Crippen LogP contribution in [0.1, 0.15) is 11.1 Å². The van der Waals surface area contributed by atoms with Crippen molar-refractivity contribution in [2.24, 2.45) is 7.05 Å². The third kappa shape index (κ3) is 2.95. The molecule has 19 heavy (non-hydrogen) atoms. The zero-order valence-electron chi connectivity index (χ0n) is 12.9. The number of aryl methyl sites for hydroxylation is 3. The maximum atomic E-state index is 2.40. The number of aromatic nitrogens is 1. The van der Waals surface area contributed by atoms with E-state index in [2.05, 4.69) is 81.6 Å². The van der Waals surface area contributed by atoms with E-state index in [1.54, 1.807) is 0 Å². The highest BCUT2D eigenvalue weighted by molar-refractivity contribution is 6.88. The maximum Gasteiger partial charge on any atom is 0.212 e. The van der Waals surface area contributed by atoms with Gasteiger partial charge in [0, 0.05) is 17.7 Å². The Morgan fingerprint density at radius 3 is 2.21 bits per heavy atom. The lowest BCUT2D eigenvalue weighted by molar-refractivity contribution is -0.660. The quantitative estimate of drug-likeness (QED) is 0.582. The SMILES string of the molecule is Cc1cc[n+](C)c(-c2ccc([Si](C)(C)C)cc2C)c1. The second kappa shape index (κ2) is 4.93. The standard InChI is InChI=1S/C17H24NSi/c1-13-9-10-18(3)17(11-13)16-8-7-15(12-14(16)2)19(4,5)6/h7-12H,1-6H3/q+1. The van der Waals surface area contributed by atoms with Gasteiger partial charge in [0.1, 0.15) is 7.05 Å². The van der Waals surface area contributed by atoms with Gasteiger partial charge in [-0.05, 0) is 31.0 Å². The van der Waals surface area contributed by atoms with E-state index in [0.717, 1.165) is 0 Å². The molecule has 0 amide bonds. The fourth-order valence-electron chi connectivity index (χ4n) is 2.36. The smallest absolute Gasteiger partial charge is 0.201 e. The van der Waals surface area contributed by atoms with Crippen molar-refractivity contribution in [3.8, 4) is 11.3 Å².